The highest BCUT2D eigenvalue weighted by atomic mass is 16.6. The van der Waals surface area contributed by atoms with Crippen molar-refractivity contribution in [1.29, 1.82) is 5.26 Å². The Hall–Kier alpha value is -3.81. The Morgan fingerprint density at radius 1 is 1.03 bits per heavy atom. The van der Waals surface area contributed by atoms with E-state index in [1.54, 1.807) is 55.6 Å². The summed E-state index contributed by atoms with van der Waals surface area (Å²) in [5.74, 6) is 0.677. The zero-order chi connectivity index (χ0) is 22.5. The number of fused-ring (bicyclic) bond motifs is 1. The molecular formula is C22H22N4O6. The standard InChI is InChI=1S/C22H22N4O6/c1-29-16-7-5-14(6-8-16)25-22(28)32-18-12-31-19-17(11-30-20(18)19)26-21(27)24-15-4-2-3-13(9-15)10-23/h2-9,17-20H,11-12H2,1H3,(H,25,28)(H2,24,26,27). The van der Waals surface area contributed by atoms with Crippen LogP contribution in [0.25, 0.3) is 0 Å². The fourth-order valence-electron chi connectivity index (χ4n) is 3.65. The molecule has 2 heterocycles. The van der Waals surface area contributed by atoms with Gasteiger partial charge in [0.25, 0.3) is 0 Å². The number of urea groups is 1. The maximum Gasteiger partial charge on any atom is 0.412 e. The predicted octanol–water partition coefficient (Wildman–Crippen LogP) is 2.47. The summed E-state index contributed by atoms with van der Waals surface area (Å²) in [5.41, 5.74) is 1.51. The summed E-state index contributed by atoms with van der Waals surface area (Å²) in [6.07, 6.45) is -2.14. The van der Waals surface area contributed by atoms with Crippen LogP contribution in [0.15, 0.2) is 48.5 Å². The minimum Gasteiger partial charge on any atom is -0.497 e. The highest BCUT2D eigenvalue weighted by molar-refractivity contribution is 5.89. The zero-order valence-corrected chi connectivity index (χ0v) is 17.2. The molecule has 0 spiro atoms. The van der Waals surface area contributed by atoms with Gasteiger partial charge in [-0.25, -0.2) is 9.59 Å². The molecule has 4 unspecified atom stereocenters. The molecule has 2 aromatic rings. The van der Waals surface area contributed by atoms with Crippen LogP contribution in [0.3, 0.4) is 0 Å². The highest BCUT2D eigenvalue weighted by Crippen LogP contribution is 2.29. The van der Waals surface area contributed by atoms with Crippen molar-refractivity contribution in [3.8, 4) is 11.8 Å². The maximum absolute atomic E-state index is 12.3. The third-order valence-electron chi connectivity index (χ3n) is 5.17. The van der Waals surface area contributed by atoms with Crippen LogP contribution in [-0.2, 0) is 14.2 Å². The Morgan fingerprint density at radius 2 is 1.81 bits per heavy atom. The van der Waals surface area contributed by atoms with Gasteiger partial charge >= 0.3 is 12.1 Å². The predicted molar refractivity (Wildman–Crippen MR) is 113 cm³/mol. The van der Waals surface area contributed by atoms with Crippen LogP contribution in [-0.4, -0.2) is 56.8 Å². The molecule has 0 bridgehead atoms. The summed E-state index contributed by atoms with van der Waals surface area (Å²) < 4.78 is 22.0. The third kappa shape index (κ3) is 4.91. The second-order valence-corrected chi connectivity index (χ2v) is 7.29. The average Bonchev–Trinajstić information content (AvgIpc) is 3.37. The molecule has 2 aliphatic rings. The molecule has 32 heavy (non-hydrogen) atoms. The Bertz CT molecular complexity index is 1020. The number of nitriles is 1. The summed E-state index contributed by atoms with van der Waals surface area (Å²) in [4.78, 5) is 24.6. The summed E-state index contributed by atoms with van der Waals surface area (Å²) in [7, 11) is 1.56. The Labute approximate surface area is 184 Å². The van der Waals surface area contributed by atoms with Gasteiger partial charge < -0.3 is 29.6 Å². The average molecular weight is 438 g/mol. The lowest BCUT2D eigenvalue weighted by molar-refractivity contribution is 0.00873. The first kappa shape index (κ1) is 21.4. The quantitative estimate of drug-likeness (QED) is 0.654. The lowest BCUT2D eigenvalue weighted by Gasteiger charge is -2.18. The van der Waals surface area contributed by atoms with Gasteiger partial charge in [-0.3, -0.25) is 5.32 Å². The van der Waals surface area contributed by atoms with Gasteiger partial charge in [0.05, 0.1) is 38.0 Å². The number of benzene rings is 2. The van der Waals surface area contributed by atoms with Gasteiger partial charge in [0.1, 0.15) is 18.0 Å². The SMILES string of the molecule is COc1ccc(NC(=O)OC2COC3C(NC(=O)Nc4cccc(C#N)c4)COC23)cc1. The van der Waals surface area contributed by atoms with Crippen molar-refractivity contribution in [1.82, 2.24) is 5.32 Å². The molecule has 4 atom stereocenters. The molecule has 2 saturated heterocycles. The Kier molecular flexibility index (Phi) is 6.39. The molecule has 166 valence electrons. The van der Waals surface area contributed by atoms with Crippen molar-refractivity contribution in [2.75, 3.05) is 31.0 Å². The molecule has 0 saturated carbocycles. The normalized spacial score (nSPS) is 23.5. The molecule has 0 aromatic heterocycles. The van der Waals surface area contributed by atoms with E-state index in [2.05, 4.69) is 16.0 Å². The minimum absolute atomic E-state index is 0.162. The minimum atomic E-state index is -0.625. The van der Waals surface area contributed by atoms with E-state index in [0.29, 0.717) is 22.7 Å². The van der Waals surface area contributed by atoms with Crippen molar-refractivity contribution in [3.63, 3.8) is 0 Å². The number of nitrogens with one attached hydrogen (secondary N) is 3. The molecule has 0 aliphatic carbocycles. The fraction of sp³-hybridized carbons (Fsp3) is 0.318. The van der Waals surface area contributed by atoms with Crippen LogP contribution < -0.4 is 20.7 Å². The van der Waals surface area contributed by atoms with Crippen LogP contribution in [0.2, 0.25) is 0 Å². The molecule has 0 radical (unpaired) electrons. The van der Waals surface area contributed by atoms with Crippen LogP contribution >= 0.6 is 0 Å². The highest BCUT2D eigenvalue weighted by Gasteiger charge is 2.50. The summed E-state index contributed by atoms with van der Waals surface area (Å²) in [6.45, 7) is 0.385. The lowest BCUT2D eigenvalue weighted by Crippen LogP contribution is -2.46. The van der Waals surface area contributed by atoms with E-state index in [1.807, 2.05) is 6.07 Å². The molecule has 2 fully saturated rings. The van der Waals surface area contributed by atoms with Gasteiger partial charge in [-0.2, -0.15) is 5.26 Å². The van der Waals surface area contributed by atoms with E-state index in [9.17, 15) is 9.59 Å². The first-order valence-electron chi connectivity index (χ1n) is 9.98. The molecule has 3 N–H and O–H groups in total. The summed E-state index contributed by atoms with van der Waals surface area (Å²) in [5, 5.41) is 17.1. The molecule has 2 aliphatic heterocycles. The number of anilines is 2. The van der Waals surface area contributed by atoms with Gasteiger partial charge in [0.15, 0.2) is 6.10 Å². The first-order chi connectivity index (χ1) is 15.6. The second kappa shape index (κ2) is 9.55. The summed E-state index contributed by atoms with van der Waals surface area (Å²) in [6, 6.07) is 14.6. The van der Waals surface area contributed by atoms with Crippen LogP contribution in [0.1, 0.15) is 5.56 Å². The van der Waals surface area contributed by atoms with Crippen molar-refractivity contribution < 1.29 is 28.5 Å². The smallest absolute Gasteiger partial charge is 0.412 e. The molecule has 4 rings (SSSR count). The Balaban J connectivity index is 1.27. The molecule has 2 aromatic carbocycles. The van der Waals surface area contributed by atoms with E-state index in [0.717, 1.165) is 0 Å². The molecule has 3 amide bonds. The van der Waals surface area contributed by atoms with Gasteiger partial charge in [0.2, 0.25) is 0 Å². The maximum atomic E-state index is 12.3. The number of carbonyl (C=O) groups is 2. The molecular weight excluding hydrogens is 416 g/mol. The van der Waals surface area contributed by atoms with Crippen molar-refractivity contribution in [2.24, 2.45) is 0 Å². The van der Waals surface area contributed by atoms with Crippen LogP contribution in [0, 0.1) is 11.3 Å². The van der Waals surface area contributed by atoms with Gasteiger partial charge in [-0.1, -0.05) is 6.07 Å². The first-order valence-corrected chi connectivity index (χ1v) is 9.98. The number of hydrogen-bond acceptors (Lipinski definition) is 7. The fourth-order valence-corrected chi connectivity index (χ4v) is 3.65. The van der Waals surface area contributed by atoms with Crippen molar-refractivity contribution in [3.05, 3.63) is 54.1 Å². The number of carbonyl (C=O) groups excluding carboxylic acids is 2. The topological polar surface area (TPSA) is 131 Å². The van der Waals surface area contributed by atoms with Crippen molar-refractivity contribution >= 4 is 23.5 Å². The lowest BCUT2D eigenvalue weighted by atomic mass is 10.1. The number of ether oxygens (including phenoxy) is 4. The van der Waals surface area contributed by atoms with Crippen LogP contribution in [0.4, 0.5) is 21.0 Å². The number of methoxy groups -OCH3 is 1. The summed E-state index contributed by atoms with van der Waals surface area (Å²) >= 11 is 0. The number of nitrogens with zero attached hydrogens (tertiary/aromatic N) is 1. The van der Waals surface area contributed by atoms with E-state index >= 15 is 0 Å². The van der Waals surface area contributed by atoms with Gasteiger partial charge in [-0.15, -0.1) is 0 Å². The number of amides is 3. The number of hydrogen-bond donors (Lipinski definition) is 3. The largest absolute Gasteiger partial charge is 0.497 e. The van der Waals surface area contributed by atoms with E-state index in [1.165, 1.54) is 0 Å². The zero-order valence-electron chi connectivity index (χ0n) is 17.2. The number of rotatable bonds is 5. The second-order valence-electron chi connectivity index (χ2n) is 7.29. The van der Waals surface area contributed by atoms with E-state index in [4.69, 9.17) is 24.2 Å². The van der Waals surface area contributed by atoms with Crippen LogP contribution in [0.5, 0.6) is 5.75 Å². The third-order valence-corrected chi connectivity index (χ3v) is 5.17. The molecule has 10 heteroatoms. The Morgan fingerprint density at radius 3 is 2.56 bits per heavy atom. The molecule has 10 nitrogen and oxygen atoms in total. The van der Waals surface area contributed by atoms with Gasteiger partial charge in [0, 0.05) is 11.4 Å². The van der Waals surface area contributed by atoms with Crippen molar-refractivity contribution in [2.45, 2.75) is 24.4 Å². The monoisotopic (exact) mass is 438 g/mol. The van der Waals surface area contributed by atoms with Gasteiger partial charge in [-0.05, 0) is 42.5 Å². The van der Waals surface area contributed by atoms with E-state index in [-0.39, 0.29) is 13.2 Å². The van der Waals surface area contributed by atoms with E-state index < -0.39 is 36.5 Å².